The first-order valence-electron chi connectivity index (χ1n) is 9.97. The molecule has 0 bridgehead atoms. The number of ether oxygens (including phenoxy) is 1. The van der Waals surface area contributed by atoms with E-state index in [-0.39, 0.29) is 41.6 Å². The average Bonchev–Trinajstić information content (AvgIpc) is 3.25. The Morgan fingerprint density at radius 2 is 1.97 bits per heavy atom. The van der Waals surface area contributed by atoms with Gasteiger partial charge in [0.25, 0.3) is 0 Å². The third kappa shape index (κ3) is 8.16. The lowest BCUT2D eigenvalue weighted by atomic mass is 10.1. The summed E-state index contributed by atoms with van der Waals surface area (Å²) in [6.07, 6.45) is 3.00. The number of para-hydroxylation sites is 1. The average molecular weight is 538 g/mol. The third-order valence-corrected chi connectivity index (χ3v) is 4.29. The highest BCUT2D eigenvalue weighted by Gasteiger charge is 2.09. The molecule has 0 aliphatic rings. The van der Waals surface area contributed by atoms with Crippen LogP contribution in [0.1, 0.15) is 25.0 Å². The van der Waals surface area contributed by atoms with Crippen molar-refractivity contribution in [2.24, 2.45) is 4.99 Å². The van der Waals surface area contributed by atoms with Crippen molar-refractivity contribution in [3.05, 3.63) is 78.1 Å². The molecule has 0 spiro atoms. The van der Waals surface area contributed by atoms with Crippen LogP contribution in [-0.4, -0.2) is 39.9 Å². The summed E-state index contributed by atoms with van der Waals surface area (Å²) in [5, 5.41) is 10.6. The minimum Gasteiger partial charge on any atom is -0.486 e. The molecule has 2 N–H and O–H groups in total. The smallest absolute Gasteiger partial charge is 0.191 e. The SMILES string of the molecule is CCNC(=NCc1cccc(Cn2cncn2)c1)NCC(C)Oc1ccccc1F.I. The quantitative estimate of drug-likeness (QED) is 0.248. The first kappa shape index (κ1) is 24.6. The number of nitrogens with one attached hydrogen (secondary N) is 2. The molecule has 3 rings (SSSR count). The second kappa shape index (κ2) is 12.9. The summed E-state index contributed by atoms with van der Waals surface area (Å²) < 4.78 is 21.2. The molecular weight excluding hydrogens is 510 g/mol. The molecule has 31 heavy (non-hydrogen) atoms. The molecule has 166 valence electrons. The molecule has 7 nitrogen and oxygen atoms in total. The summed E-state index contributed by atoms with van der Waals surface area (Å²) in [5.74, 6) is 0.566. The Labute approximate surface area is 199 Å². The van der Waals surface area contributed by atoms with E-state index in [2.05, 4.69) is 37.8 Å². The fourth-order valence-electron chi connectivity index (χ4n) is 2.88. The van der Waals surface area contributed by atoms with Gasteiger partial charge >= 0.3 is 0 Å². The van der Waals surface area contributed by atoms with Crippen LogP contribution in [0, 0.1) is 5.82 Å². The summed E-state index contributed by atoms with van der Waals surface area (Å²) in [5.41, 5.74) is 2.23. The van der Waals surface area contributed by atoms with Gasteiger partial charge in [0.05, 0.1) is 19.6 Å². The zero-order valence-electron chi connectivity index (χ0n) is 17.7. The van der Waals surface area contributed by atoms with Crippen LogP contribution in [0.15, 0.2) is 66.2 Å². The van der Waals surface area contributed by atoms with Gasteiger partial charge in [0.2, 0.25) is 0 Å². The van der Waals surface area contributed by atoms with Crippen LogP contribution in [0.4, 0.5) is 4.39 Å². The molecule has 1 unspecified atom stereocenters. The van der Waals surface area contributed by atoms with E-state index in [0.29, 0.717) is 25.6 Å². The van der Waals surface area contributed by atoms with Crippen molar-refractivity contribution in [2.45, 2.75) is 33.0 Å². The lowest BCUT2D eigenvalue weighted by Crippen LogP contribution is -2.41. The zero-order chi connectivity index (χ0) is 21.2. The number of guanidine groups is 1. The van der Waals surface area contributed by atoms with Crippen molar-refractivity contribution >= 4 is 29.9 Å². The van der Waals surface area contributed by atoms with Gasteiger partial charge in [-0.3, -0.25) is 0 Å². The molecule has 0 aliphatic carbocycles. The van der Waals surface area contributed by atoms with Crippen LogP contribution in [0.2, 0.25) is 0 Å². The number of benzene rings is 2. The highest BCUT2D eigenvalue weighted by molar-refractivity contribution is 14.0. The zero-order valence-corrected chi connectivity index (χ0v) is 20.0. The molecule has 0 saturated carbocycles. The molecule has 1 heterocycles. The molecule has 1 aromatic heterocycles. The van der Waals surface area contributed by atoms with E-state index in [1.807, 2.05) is 26.0 Å². The van der Waals surface area contributed by atoms with E-state index in [4.69, 9.17) is 4.74 Å². The predicted molar refractivity (Wildman–Crippen MR) is 130 cm³/mol. The maximum atomic E-state index is 13.7. The van der Waals surface area contributed by atoms with Gasteiger partial charge in [-0.1, -0.05) is 36.4 Å². The lowest BCUT2D eigenvalue weighted by Gasteiger charge is -2.18. The molecule has 0 fully saturated rings. The number of hydrogen-bond donors (Lipinski definition) is 2. The third-order valence-electron chi connectivity index (χ3n) is 4.29. The monoisotopic (exact) mass is 538 g/mol. The molecule has 0 amide bonds. The number of aliphatic imine (C=N–C) groups is 1. The minimum atomic E-state index is -0.365. The standard InChI is InChI=1S/C22H27FN6O.HI/c1-3-25-22(26-12-17(2)30-21-10-5-4-9-20(21)23)27-13-18-7-6-8-19(11-18)14-29-16-24-15-28-29;/h4-11,15-17H,3,12-14H2,1-2H3,(H2,25,26,27);1H. The molecule has 2 aromatic carbocycles. The van der Waals surface area contributed by atoms with Gasteiger partial charge in [-0.2, -0.15) is 5.10 Å². The Morgan fingerprint density at radius 1 is 1.16 bits per heavy atom. The van der Waals surface area contributed by atoms with Gasteiger partial charge < -0.3 is 15.4 Å². The van der Waals surface area contributed by atoms with Crippen LogP contribution in [0.3, 0.4) is 0 Å². The summed E-state index contributed by atoms with van der Waals surface area (Å²) in [7, 11) is 0. The molecule has 0 aliphatic heterocycles. The normalized spacial score (nSPS) is 12.0. The number of nitrogens with zero attached hydrogens (tertiary/aromatic N) is 4. The second-order valence-corrected chi connectivity index (χ2v) is 6.85. The van der Waals surface area contributed by atoms with Crippen molar-refractivity contribution in [2.75, 3.05) is 13.1 Å². The summed E-state index contributed by atoms with van der Waals surface area (Å²) in [6, 6.07) is 14.6. The molecule has 3 aromatic rings. The second-order valence-electron chi connectivity index (χ2n) is 6.85. The Morgan fingerprint density at radius 3 is 2.71 bits per heavy atom. The highest BCUT2D eigenvalue weighted by atomic mass is 127. The predicted octanol–water partition coefficient (Wildman–Crippen LogP) is 3.61. The van der Waals surface area contributed by atoms with Crippen LogP contribution in [0.5, 0.6) is 5.75 Å². The van der Waals surface area contributed by atoms with Crippen molar-refractivity contribution < 1.29 is 9.13 Å². The van der Waals surface area contributed by atoms with Crippen LogP contribution in [0.25, 0.3) is 0 Å². The Balaban J connectivity index is 0.00000341. The highest BCUT2D eigenvalue weighted by Crippen LogP contribution is 2.16. The van der Waals surface area contributed by atoms with Gasteiger partial charge in [0, 0.05) is 6.54 Å². The van der Waals surface area contributed by atoms with Gasteiger partial charge in [0.15, 0.2) is 17.5 Å². The Bertz CT molecular complexity index is 951. The van der Waals surface area contributed by atoms with Gasteiger partial charge in [-0.25, -0.2) is 19.0 Å². The molecule has 9 heteroatoms. The van der Waals surface area contributed by atoms with Crippen molar-refractivity contribution in [1.29, 1.82) is 0 Å². The lowest BCUT2D eigenvalue weighted by molar-refractivity contribution is 0.214. The fourth-order valence-corrected chi connectivity index (χ4v) is 2.88. The van der Waals surface area contributed by atoms with Gasteiger partial charge in [-0.15, -0.1) is 24.0 Å². The van der Waals surface area contributed by atoms with Crippen LogP contribution in [-0.2, 0) is 13.1 Å². The molecule has 1 atom stereocenters. The van der Waals surface area contributed by atoms with Crippen LogP contribution >= 0.6 is 24.0 Å². The molecular formula is C22H28FIN6O. The topological polar surface area (TPSA) is 76.4 Å². The molecule has 0 saturated heterocycles. The maximum Gasteiger partial charge on any atom is 0.191 e. The maximum absolute atomic E-state index is 13.7. The fraction of sp³-hybridized carbons (Fsp3) is 0.318. The van der Waals surface area contributed by atoms with Gasteiger partial charge in [-0.05, 0) is 37.1 Å². The minimum absolute atomic E-state index is 0. The molecule has 0 radical (unpaired) electrons. The van der Waals surface area contributed by atoms with Crippen molar-refractivity contribution in [3.63, 3.8) is 0 Å². The Kier molecular flexibility index (Phi) is 10.2. The largest absolute Gasteiger partial charge is 0.486 e. The van der Waals surface area contributed by atoms with E-state index >= 15 is 0 Å². The van der Waals surface area contributed by atoms with E-state index in [1.54, 1.807) is 29.2 Å². The summed E-state index contributed by atoms with van der Waals surface area (Å²) in [4.78, 5) is 8.62. The van der Waals surface area contributed by atoms with Crippen molar-refractivity contribution in [1.82, 2.24) is 25.4 Å². The Hall–Kier alpha value is -2.69. The van der Waals surface area contributed by atoms with Crippen LogP contribution < -0.4 is 15.4 Å². The first-order valence-corrected chi connectivity index (χ1v) is 9.97. The summed E-state index contributed by atoms with van der Waals surface area (Å²) in [6.45, 7) is 6.32. The van der Waals surface area contributed by atoms with Crippen molar-refractivity contribution in [3.8, 4) is 5.75 Å². The number of halogens is 2. The van der Waals surface area contributed by atoms with E-state index in [9.17, 15) is 4.39 Å². The first-order chi connectivity index (χ1) is 14.6. The number of hydrogen-bond acceptors (Lipinski definition) is 4. The number of rotatable bonds is 9. The number of aromatic nitrogens is 3. The van der Waals surface area contributed by atoms with Gasteiger partial charge in [0.1, 0.15) is 18.8 Å². The van der Waals surface area contributed by atoms with E-state index < -0.39 is 0 Å². The van der Waals surface area contributed by atoms with E-state index in [1.165, 1.54) is 12.4 Å². The van der Waals surface area contributed by atoms with E-state index in [0.717, 1.165) is 17.7 Å². The summed E-state index contributed by atoms with van der Waals surface area (Å²) >= 11 is 0.